The number of rotatable bonds is 3. The first-order valence-corrected chi connectivity index (χ1v) is 5.56. The SMILES string of the molecule is CC1(C)OCC(=O)[C@H]([C@@H](O)[C@H](F)n2cccn2)O1. The Labute approximate surface area is 103 Å². The van der Waals surface area contributed by atoms with Crippen molar-refractivity contribution in [2.45, 2.75) is 38.1 Å². The first kappa shape index (κ1) is 13.1. The average Bonchev–Trinajstić information content (AvgIpc) is 2.84. The molecular weight excluding hydrogens is 243 g/mol. The average molecular weight is 258 g/mol. The summed E-state index contributed by atoms with van der Waals surface area (Å²) in [6.45, 7) is 2.99. The molecule has 0 aromatic carbocycles. The minimum Gasteiger partial charge on any atom is -0.385 e. The van der Waals surface area contributed by atoms with Gasteiger partial charge in [0.25, 0.3) is 0 Å². The van der Waals surface area contributed by atoms with E-state index < -0.39 is 30.1 Å². The van der Waals surface area contributed by atoms with E-state index in [2.05, 4.69) is 5.10 Å². The highest BCUT2D eigenvalue weighted by Gasteiger charge is 2.43. The van der Waals surface area contributed by atoms with E-state index >= 15 is 0 Å². The molecule has 0 unspecified atom stereocenters. The maximum atomic E-state index is 13.9. The number of halogens is 1. The van der Waals surface area contributed by atoms with Gasteiger partial charge < -0.3 is 14.6 Å². The number of ether oxygens (including phenoxy) is 2. The number of hydrogen-bond donors (Lipinski definition) is 1. The van der Waals surface area contributed by atoms with Crippen LogP contribution in [0.3, 0.4) is 0 Å². The van der Waals surface area contributed by atoms with Gasteiger partial charge in [0, 0.05) is 12.4 Å². The van der Waals surface area contributed by atoms with E-state index in [1.165, 1.54) is 18.5 Å². The van der Waals surface area contributed by atoms with Crippen LogP contribution >= 0.6 is 0 Å². The first-order chi connectivity index (χ1) is 8.41. The highest BCUT2D eigenvalue weighted by Crippen LogP contribution is 2.26. The Morgan fingerprint density at radius 1 is 1.67 bits per heavy atom. The fraction of sp³-hybridized carbons (Fsp3) is 0.636. The second-order valence-electron chi connectivity index (χ2n) is 4.54. The topological polar surface area (TPSA) is 73.6 Å². The summed E-state index contributed by atoms with van der Waals surface area (Å²) in [6.07, 6.45) is -1.98. The minimum absolute atomic E-state index is 0.208. The van der Waals surface area contributed by atoms with Crippen molar-refractivity contribution in [3.63, 3.8) is 0 Å². The lowest BCUT2D eigenvalue weighted by atomic mass is 10.1. The number of aromatic nitrogens is 2. The Kier molecular flexibility index (Phi) is 3.47. The van der Waals surface area contributed by atoms with Crippen LogP contribution in [-0.2, 0) is 14.3 Å². The van der Waals surface area contributed by atoms with Crippen LogP contribution in [0.5, 0.6) is 0 Å². The number of carbonyl (C=O) groups excluding carboxylic acids is 1. The normalized spacial score (nSPS) is 26.9. The van der Waals surface area contributed by atoms with Gasteiger partial charge in [-0.15, -0.1) is 0 Å². The molecule has 3 atom stereocenters. The van der Waals surface area contributed by atoms with Gasteiger partial charge in [0.2, 0.25) is 6.30 Å². The summed E-state index contributed by atoms with van der Waals surface area (Å²) in [6, 6.07) is 1.52. The van der Waals surface area contributed by atoms with Crippen molar-refractivity contribution in [1.82, 2.24) is 9.78 Å². The smallest absolute Gasteiger partial charge is 0.220 e. The van der Waals surface area contributed by atoms with E-state index in [4.69, 9.17) is 9.47 Å². The third-order valence-electron chi connectivity index (χ3n) is 2.66. The third kappa shape index (κ3) is 2.58. The molecule has 18 heavy (non-hydrogen) atoms. The zero-order chi connectivity index (χ0) is 13.3. The highest BCUT2D eigenvalue weighted by molar-refractivity contribution is 5.85. The molecule has 0 spiro atoms. The van der Waals surface area contributed by atoms with Crippen LogP contribution in [0.2, 0.25) is 0 Å². The third-order valence-corrected chi connectivity index (χ3v) is 2.66. The van der Waals surface area contributed by atoms with Crippen LogP contribution in [0.25, 0.3) is 0 Å². The van der Waals surface area contributed by atoms with Crippen molar-refractivity contribution in [2.75, 3.05) is 6.61 Å². The molecule has 0 aliphatic carbocycles. The number of hydrogen-bond acceptors (Lipinski definition) is 5. The Bertz CT molecular complexity index is 421. The minimum atomic E-state index is -1.84. The summed E-state index contributed by atoms with van der Waals surface area (Å²) in [5, 5.41) is 13.6. The maximum Gasteiger partial charge on any atom is 0.220 e. The number of Topliss-reactive ketones (excluding diaryl/α,β-unsaturated/α-hetero) is 1. The van der Waals surface area contributed by atoms with Crippen LogP contribution in [0.4, 0.5) is 4.39 Å². The van der Waals surface area contributed by atoms with E-state index in [9.17, 15) is 14.3 Å². The highest BCUT2D eigenvalue weighted by atomic mass is 19.1. The summed E-state index contributed by atoms with van der Waals surface area (Å²) in [5.41, 5.74) is 0. The lowest BCUT2D eigenvalue weighted by molar-refractivity contribution is -0.276. The van der Waals surface area contributed by atoms with Crippen LogP contribution in [-0.4, -0.2) is 45.3 Å². The van der Waals surface area contributed by atoms with Gasteiger partial charge in [-0.25, -0.2) is 9.07 Å². The molecule has 1 N–H and O–H groups in total. The lowest BCUT2D eigenvalue weighted by Crippen LogP contribution is -2.52. The second-order valence-corrected chi connectivity index (χ2v) is 4.54. The van der Waals surface area contributed by atoms with E-state index in [0.717, 1.165) is 4.68 Å². The second kappa shape index (κ2) is 4.75. The number of aliphatic hydroxyl groups is 1. The van der Waals surface area contributed by atoms with Gasteiger partial charge in [-0.1, -0.05) is 0 Å². The zero-order valence-corrected chi connectivity index (χ0v) is 10.1. The number of nitrogens with zero attached hydrogens (tertiary/aromatic N) is 2. The summed E-state index contributed by atoms with van der Waals surface area (Å²) < 4.78 is 25.2. The van der Waals surface area contributed by atoms with Crippen molar-refractivity contribution in [3.8, 4) is 0 Å². The van der Waals surface area contributed by atoms with E-state index in [-0.39, 0.29) is 6.61 Å². The van der Waals surface area contributed by atoms with Gasteiger partial charge in [-0.05, 0) is 19.9 Å². The number of aliphatic hydroxyl groups excluding tert-OH is 1. The molecular formula is C11H15FN2O4. The summed E-state index contributed by atoms with van der Waals surface area (Å²) in [4.78, 5) is 11.6. The summed E-state index contributed by atoms with van der Waals surface area (Å²) in [5.74, 6) is -1.51. The van der Waals surface area contributed by atoms with Crippen molar-refractivity contribution in [2.24, 2.45) is 0 Å². The monoisotopic (exact) mass is 258 g/mol. The van der Waals surface area contributed by atoms with Crippen LogP contribution in [0, 0.1) is 0 Å². The first-order valence-electron chi connectivity index (χ1n) is 5.56. The molecule has 100 valence electrons. The van der Waals surface area contributed by atoms with E-state index in [1.807, 2.05) is 0 Å². The van der Waals surface area contributed by atoms with Gasteiger partial charge in [-0.3, -0.25) is 4.79 Å². The Hall–Kier alpha value is -1.31. The molecule has 1 aliphatic heterocycles. The predicted molar refractivity (Wildman–Crippen MR) is 58.3 cm³/mol. The molecule has 1 aliphatic rings. The Morgan fingerprint density at radius 2 is 2.39 bits per heavy atom. The number of carbonyl (C=O) groups is 1. The Balaban J connectivity index is 2.12. The number of ketones is 1. The van der Waals surface area contributed by atoms with Crippen molar-refractivity contribution in [1.29, 1.82) is 0 Å². The maximum absolute atomic E-state index is 13.9. The fourth-order valence-corrected chi connectivity index (χ4v) is 1.72. The van der Waals surface area contributed by atoms with Crippen LogP contribution in [0.1, 0.15) is 20.1 Å². The van der Waals surface area contributed by atoms with Crippen molar-refractivity contribution < 1.29 is 23.8 Å². The molecule has 6 nitrogen and oxygen atoms in total. The molecule has 0 radical (unpaired) electrons. The van der Waals surface area contributed by atoms with Crippen LogP contribution < -0.4 is 0 Å². The van der Waals surface area contributed by atoms with E-state index in [0.29, 0.717) is 0 Å². The molecule has 0 amide bonds. The predicted octanol–water partition coefficient (Wildman–Crippen LogP) is 0.433. The van der Waals surface area contributed by atoms with Crippen LogP contribution in [0.15, 0.2) is 18.5 Å². The summed E-state index contributed by atoms with van der Waals surface area (Å²) >= 11 is 0. The molecule has 7 heteroatoms. The number of alkyl halides is 1. The molecule has 2 heterocycles. The molecule has 1 saturated heterocycles. The molecule has 0 bridgehead atoms. The zero-order valence-electron chi connectivity index (χ0n) is 10.1. The largest absolute Gasteiger partial charge is 0.385 e. The van der Waals surface area contributed by atoms with Gasteiger partial charge in [0.15, 0.2) is 17.7 Å². The Morgan fingerprint density at radius 3 is 3.00 bits per heavy atom. The van der Waals surface area contributed by atoms with Gasteiger partial charge in [0.1, 0.15) is 12.7 Å². The lowest BCUT2D eigenvalue weighted by Gasteiger charge is -2.37. The summed E-state index contributed by atoms with van der Waals surface area (Å²) in [7, 11) is 0. The molecule has 1 aromatic rings. The van der Waals surface area contributed by atoms with Crippen molar-refractivity contribution in [3.05, 3.63) is 18.5 Å². The van der Waals surface area contributed by atoms with Crippen molar-refractivity contribution >= 4 is 5.78 Å². The quantitative estimate of drug-likeness (QED) is 0.851. The molecule has 1 aromatic heterocycles. The molecule has 2 rings (SSSR count). The molecule has 0 saturated carbocycles. The standard InChI is InChI=1S/C11H15FN2O4/c1-11(2)17-6-7(15)9(18-11)8(16)10(12)14-5-3-4-13-14/h3-5,8-10,16H,6H2,1-2H3/t8-,9-,10-/m1/s1. The van der Waals surface area contributed by atoms with E-state index in [1.54, 1.807) is 13.8 Å². The van der Waals surface area contributed by atoms with Gasteiger partial charge in [-0.2, -0.15) is 5.10 Å². The van der Waals surface area contributed by atoms with Gasteiger partial charge in [0.05, 0.1) is 0 Å². The van der Waals surface area contributed by atoms with Gasteiger partial charge >= 0.3 is 0 Å². The fourth-order valence-electron chi connectivity index (χ4n) is 1.72. The molecule has 1 fully saturated rings.